The third kappa shape index (κ3) is 8.09. The summed E-state index contributed by atoms with van der Waals surface area (Å²) in [5, 5.41) is 0. The van der Waals surface area contributed by atoms with Crippen molar-refractivity contribution in [1.29, 1.82) is 0 Å². The predicted molar refractivity (Wildman–Crippen MR) is 98.5 cm³/mol. The summed E-state index contributed by atoms with van der Waals surface area (Å²) < 4.78 is 14.8. The van der Waals surface area contributed by atoms with Crippen LogP contribution in [0, 0.1) is 0 Å². The molecule has 1 N–H and O–H groups in total. The van der Waals surface area contributed by atoms with Gasteiger partial charge in [-0.05, 0) is 64.0 Å². The second-order valence-electron chi connectivity index (χ2n) is 7.01. The minimum atomic E-state index is -0.934. The number of hydrogen-bond donors (Lipinski definition) is 1. The highest BCUT2D eigenvalue weighted by atomic mass is 32.2. The molecule has 0 saturated heterocycles. The SMILES string of the molecule is CCCCc1ccc(CCCCCNS(=O)C(C)(C)C)cc1. The first-order valence-electron chi connectivity index (χ1n) is 8.66. The number of hydrogen-bond acceptors (Lipinski definition) is 1. The summed E-state index contributed by atoms with van der Waals surface area (Å²) in [5.41, 5.74) is 2.89. The number of aryl methyl sites for hydroxylation is 2. The van der Waals surface area contributed by atoms with Crippen LogP contribution in [-0.2, 0) is 23.8 Å². The second kappa shape index (κ2) is 10.2. The van der Waals surface area contributed by atoms with Gasteiger partial charge in [0, 0.05) is 6.54 Å². The van der Waals surface area contributed by atoms with Crippen molar-refractivity contribution in [2.24, 2.45) is 0 Å². The van der Waals surface area contributed by atoms with Crippen LogP contribution in [0.2, 0.25) is 0 Å². The van der Waals surface area contributed by atoms with Crippen molar-refractivity contribution in [3.05, 3.63) is 35.4 Å². The molecule has 126 valence electrons. The van der Waals surface area contributed by atoms with E-state index in [1.165, 1.54) is 43.2 Å². The lowest BCUT2D eigenvalue weighted by atomic mass is 10.0. The molecule has 1 rings (SSSR count). The van der Waals surface area contributed by atoms with Crippen LogP contribution < -0.4 is 4.72 Å². The molecular weight excluding hydrogens is 290 g/mol. The van der Waals surface area contributed by atoms with E-state index >= 15 is 0 Å². The molecule has 3 heteroatoms. The molecule has 2 nitrogen and oxygen atoms in total. The average molecular weight is 324 g/mol. The highest BCUT2D eigenvalue weighted by molar-refractivity contribution is 7.84. The Balaban J connectivity index is 2.13. The zero-order chi connectivity index (χ0) is 16.4. The van der Waals surface area contributed by atoms with E-state index in [2.05, 4.69) is 35.9 Å². The monoisotopic (exact) mass is 323 g/mol. The van der Waals surface area contributed by atoms with Gasteiger partial charge in [0.25, 0.3) is 0 Å². The van der Waals surface area contributed by atoms with E-state index in [0.717, 1.165) is 19.4 Å². The van der Waals surface area contributed by atoms with Crippen molar-refractivity contribution in [3.8, 4) is 0 Å². The molecule has 0 aliphatic carbocycles. The standard InChI is InChI=1S/C19H33NOS/c1-5-6-10-17-12-14-18(15-13-17)11-8-7-9-16-20-22(21)19(2,3)4/h12-15,20H,5-11,16H2,1-4H3. The smallest absolute Gasteiger partial charge is 0.0970 e. The Labute approximate surface area is 139 Å². The number of nitrogens with one attached hydrogen (secondary N) is 1. The molecular formula is C19H33NOS. The Morgan fingerprint density at radius 2 is 1.45 bits per heavy atom. The van der Waals surface area contributed by atoms with Crippen molar-refractivity contribution in [3.63, 3.8) is 0 Å². The topological polar surface area (TPSA) is 29.1 Å². The van der Waals surface area contributed by atoms with Gasteiger partial charge >= 0.3 is 0 Å². The number of unbranched alkanes of at least 4 members (excludes halogenated alkanes) is 3. The van der Waals surface area contributed by atoms with Gasteiger partial charge in [0.1, 0.15) is 0 Å². The molecule has 0 aliphatic heterocycles. The predicted octanol–water partition coefficient (Wildman–Crippen LogP) is 4.79. The fourth-order valence-electron chi connectivity index (χ4n) is 2.27. The van der Waals surface area contributed by atoms with Crippen LogP contribution in [-0.4, -0.2) is 15.5 Å². The molecule has 0 aliphatic rings. The van der Waals surface area contributed by atoms with E-state index in [1.54, 1.807) is 0 Å². The fourth-order valence-corrected chi connectivity index (χ4v) is 3.03. The van der Waals surface area contributed by atoms with E-state index in [0.29, 0.717) is 0 Å². The van der Waals surface area contributed by atoms with Crippen molar-refractivity contribution >= 4 is 11.0 Å². The van der Waals surface area contributed by atoms with Gasteiger partial charge in [0.15, 0.2) is 0 Å². The molecule has 0 spiro atoms. The number of benzene rings is 1. The molecule has 1 atom stereocenters. The van der Waals surface area contributed by atoms with Gasteiger partial charge in [-0.15, -0.1) is 0 Å². The molecule has 0 aromatic heterocycles. The Morgan fingerprint density at radius 3 is 1.95 bits per heavy atom. The fraction of sp³-hybridized carbons (Fsp3) is 0.684. The van der Waals surface area contributed by atoms with Crippen LogP contribution in [0.25, 0.3) is 0 Å². The molecule has 0 bridgehead atoms. The molecule has 1 aromatic rings. The minimum Gasteiger partial charge on any atom is -0.242 e. The van der Waals surface area contributed by atoms with Gasteiger partial charge in [0.2, 0.25) is 0 Å². The highest BCUT2D eigenvalue weighted by Crippen LogP contribution is 2.11. The van der Waals surface area contributed by atoms with Gasteiger partial charge < -0.3 is 0 Å². The molecule has 1 aromatic carbocycles. The summed E-state index contributed by atoms with van der Waals surface area (Å²) in [6.45, 7) is 9.08. The third-order valence-corrected chi connectivity index (χ3v) is 5.35. The van der Waals surface area contributed by atoms with Gasteiger partial charge in [-0.25, -0.2) is 8.93 Å². The Bertz CT molecular complexity index is 434. The van der Waals surface area contributed by atoms with Gasteiger partial charge in [0.05, 0.1) is 15.7 Å². The maximum absolute atomic E-state index is 11.8. The molecule has 0 fully saturated rings. The summed E-state index contributed by atoms with van der Waals surface area (Å²) in [6, 6.07) is 9.11. The molecule has 0 radical (unpaired) electrons. The zero-order valence-electron chi connectivity index (χ0n) is 14.8. The molecule has 1 unspecified atom stereocenters. The van der Waals surface area contributed by atoms with E-state index in [1.807, 2.05) is 20.8 Å². The molecule has 0 saturated carbocycles. The normalized spacial score (nSPS) is 13.3. The lowest BCUT2D eigenvalue weighted by Gasteiger charge is -2.17. The highest BCUT2D eigenvalue weighted by Gasteiger charge is 2.18. The quantitative estimate of drug-likeness (QED) is 0.616. The first kappa shape index (κ1) is 19.4. The first-order chi connectivity index (χ1) is 10.4. The summed E-state index contributed by atoms with van der Waals surface area (Å²) in [5.74, 6) is 0. The summed E-state index contributed by atoms with van der Waals surface area (Å²) in [7, 11) is -0.934. The van der Waals surface area contributed by atoms with Crippen LogP contribution in [0.1, 0.15) is 70.9 Å². The Hall–Kier alpha value is -0.670. The summed E-state index contributed by atoms with van der Waals surface area (Å²) >= 11 is 0. The first-order valence-corrected chi connectivity index (χ1v) is 9.81. The van der Waals surface area contributed by atoms with Crippen LogP contribution in [0.4, 0.5) is 0 Å². The van der Waals surface area contributed by atoms with Crippen LogP contribution in [0.5, 0.6) is 0 Å². The molecule has 0 heterocycles. The van der Waals surface area contributed by atoms with E-state index < -0.39 is 11.0 Å². The van der Waals surface area contributed by atoms with Crippen molar-refractivity contribution in [2.45, 2.75) is 77.4 Å². The van der Waals surface area contributed by atoms with Gasteiger partial charge in [-0.1, -0.05) is 44.0 Å². The third-order valence-electron chi connectivity index (χ3n) is 3.77. The van der Waals surface area contributed by atoms with Crippen molar-refractivity contribution in [2.75, 3.05) is 6.54 Å². The maximum Gasteiger partial charge on any atom is 0.0970 e. The lowest BCUT2D eigenvalue weighted by Crippen LogP contribution is -2.33. The zero-order valence-corrected chi connectivity index (χ0v) is 15.6. The maximum atomic E-state index is 11.8. The van der Waals surface area contributed by atoms with E-state index in [9.17, 15) is 4.21 Å². The van der Waals surface area contributed by atoms with E-state index in [4.69, 9.17) is 0 Å². The molecule has 0 amide bonds. The van der Waals surface area contributed by atoms with Gasteiger partial charge in [-0.2, -0.15) is 0 Å². The van der Waals surface area contributed by atoms with Gasteiger partial charge in [-0.3, -0.25) is 0 Å². The largest absolute Gasteiger partial charge is 0.242 e. The lowest BCUT2D eigenvalue weighted by molar-refractivity contribution is 0.620. The van der Waals surface area contributed by atoms with Crippen molar-refractivity contribution in [1.82, 2.24) is 4.72 Å². The average Bonchev–Trinajstić information content (AvgIpc) is 2.48. The van der Waals surface area contributed by atoms with Crippen molar-refractivity contribution < 1.29 is 4.21 Å². The summed E-state index contributed by atoms with van der Waals surface area (Å²) in [6.07, 6.45) is 8.38. The van der Waals surface area contributed by atoms with Crippen LogP contribution >= 0.6 is 0 Å². The molecule has 22 heavy (non-hydrogen) atoms. The second-order valence-corrected chi connectivity index (χ2v) is 9.06. The van der Waals surface area contributed by atoms with E-state index in [-0.39, 0.29) is 4.75 Å². The Morgan fingerprint density at radius 1 is 0.909 bits per heavy atom. The number of rotatable bonds is 10. The Kier molecular flexibility index (Phi) is 8.96. The van der Waals surface area contributed by atoms with Crippen LogP contribution in [0.15, 0.2) is 24.3 Å². The van der Waals surface area contributed by atoms with Crippen LogP contribution in [0.3, 0.4) is 0 Å². The minimum absolute atomic E-state index is 0.167. The summed E-state index contributed by atoms with van der Waals surface area (Å²) in [4.78, 5) is 0.